The summed E-state index contributed by atoms with van der Waals surface area (Å²) in [5.74, 6) is 1.10. The highest BCUT2D eigenvalue weighted by molar-refractivity contribution is 5.62. The Hall–Kier alpha value is -3.15. The molecule has 0 aliphatic heterocycles. The number of hydrogen-bond donors (Lipinski definition) is 2. The first-order valence-corrected chi connectivity index (χ1v) is 10.1. The van der Waals surface area contributed by atoms with Crippen LogP contribution >= 0.6 is 0 Å². The second-order valence-electron chi connectivity index (χ2n) is 7.96. The zero-order valence-electron chi connectivity index (χ0n) is 17.9. The SMILES string of the molecule is CCN(CC)c1ccc(Nc2cnnc(Nc3ccc(C(C)(C)C)cc3)n2)cc1. The molecule has 1 aromatic heterocycles. The molecular formula is C23H30N6. The summed E-state index contributed by atoms with van der Waals surface area (Å²) >= 11 is 0. The predicted molar refractivity (Wildman–Crippen MR) is 122 cm³/mol. The van der Waals surface area contributed by atoms with E-state index in [2.05, 4.69) is 89.6 Å². The maximum atomic E-state index is 4.52. The van der Waals surface area contributed by atoms with Crippen molar-refractivity contribution in [3.05, 3.63) is 60.3 Å². The Bertz CT molecular complexity index is 909. The highest BCUT2D eigenvalue weighted by atomic mass is 15.3. The lowest BCUT2D eigenvalue weighted by Crippen LogP contribution is -2.21. The smallest absolute Gasteiger partial charge is 0.249 e. The summed E-state index contributed by atoms with van der Waals surface area (Å²) in [5, 5.41) is 14.7. The molecule has 0 saturated heterocycles. The maximum absolute atomic E-state index is 4.52. The van der Waals surface area contributed by atoms with Crippen LogP contribution in [0, 0.1) is 0 Å². The number of aromatic nitrogens is 3. The van der Waals surface area contributed by atoms with Crippen molar-refractivity contribution in [1.82, 2.24) is 15.2 Å². The van der Waals surface area contributed by atoms with E-state index in [4.69, 9.17) is 0 Å². The molecule has 0 fully saturated rings. The van der Waals surface area contributed by atoms with Crippen molar-refractivity contribution in [2.45, 2.75) is 40.0 Å². The van der Waals surface area contributed by atoms with Gasteiger partial charge in [-0.1, -0.05) is 32.9 Å². The third-order valence-electron chi connectivity index (χ3n) is 4.83. The van der Waals surface area contributed by atoms with Gasteiger partial charge in [0, 0.05) is 30.2 Å². The minimum atomic E-state index is 0.126. The molecule has 1 heterocycles. The summed E-state index contributed by atoms with van der Waals surface area (Å²) in [4.78, 5) is 6.83. The Morgan fingerprint density at radius 2 is 1.41 bits per heavy atom. The number of nitrogens with one attached hydrogen (secondary N) is 2. The first-order chi connectivity index (χ1) is 13.9. The minimum absolute atomic E-state index is 0.126. The van der Waals surface area contributed by atoms with Crippen molar-refractivity contribution >= 4 is 28.8 Å². The van der Waals surface area contributed by atoms with Gasteiger partial charge < -0.3 is 15.5 Å². The molecule has 2 aromatic carbocycles. The molecule has 6 nitrogen and oxygen atoms in total. The number of benzene rings is 2. The van der Waals surface area contributed by atoms with E-state index in [1.165, 1.54) is 11.3 Å². The molecule has 0 atom stereocenters. The highest BCUT2D eigenvalue weighted by Gasteiger charge is 2.13. The van der Waals surface area contributed by atoms with Crippen molar-refractivity contribution in [1.29, 1.82) is 0 Å². The van der Waals surface area contributed by atoms with Crippen molar-refractivity contribution in [3.8, 4) is 0 Å². The Morgan fingerprint density at radius 1 is 0.828 bits per heavy atom. The van der Waals surface area contributed by atoms with Crippen LogP contribution in [0.25, 0.3) is 0 Å². The first kappa shape index (κ1) is 20.6. The van der Waals surface area contributed by atoms with Crippen LogP contribution in [0.2, 0.25) is 0 Å². The molecule has 0 bridgehead atoms. The normalized spacial score (nSPS) is 11.2. The summed E-state index contributed by atoms with van der Waals surface area (Å²) in [5.41, 5.74) is 4.51. The van der Waals surface area contributed by atoms with E-state index in [9.17, 15) is 0 Å². The topological polar surface area (TPSA) is 66.0 Å². The van der Waals surface area contributed by atoms with E-state index in [0.717, 1.165) is 24.5 Å². The maximum Gasteiger partial charge on any atom is 0.249 e. The lowest BCUT2D eigenvalue weighted by molar-refractivity contribution is 0.590. The molecule has 0 radical (unpaired) electrons. The van der Waals surface area contributed by atoms with E-state index in [0.29, 0.717) is 11.8 Å². The monoisotopic (exact) mass is 390 g/mol. The predicted octanol–water partition coefficient (Wildman–Crippen LogP) is 5.50. The van der Waals surface area contributed by atoms with E-state index < -0.39 is 0 Å². The largest absolute Gasteiger partial charge is 0.372 e. The third-order valence-corrected chi connectivity index (χ3v) is 4.83. The van der Waals surface area contributed by atoms with Gasteiger partial charge >= 0.3 is 0 Å². The average molecular weight is 391 g/mol. The summed E-state index contributed by atoms with van der Waals surface area (Å²) in [6, 6.07) is 16.6. The zero-order valence-corrected chi connectivity index (χ0v) is 17.9. The molecule has 6 heteroatoms. The Morgan fingerprint density at radius 3 is 2.00 bits per heavy atom. The van der Waals surface area contributed by atoms with Gasteiger partial charge in [0.25, 0.3) is 0 Å². The molecule has 3 rings (SSSR count). The van der Waals surface area contributed by atoms with Crippen LogP contribution in [0.15, 0.2) is 54.7 Å². The first-order valence-electron chi connectivity index (χ1n) is 10.1. The molecule has 0 aliphatic carbocycles. The van der Waals surface area contributed by atoms with Gasteiger partial charge in [0.15, 0.2) is 5.82 Å². The standard InChI is InChI=1S/C23H30N6/c1-6-29(7-2)20-14-12-18(13-15-20)25-21-16-24-28-22(27-21)26-19-10-8-17(9-11-19)23(3,4)5/h8-16H,6-7H2,1-5H3,(H2,25,26,27,28). The van der Waals surface area contributed by atoms with E-state index in [-0.39, 0.29) is 5.41 Å². The van der Waals surface area contributed by atoms with Crippen LogP contribution in [0.1, 0.15) is 40.2 Å². The number of anilines is 5. The molecule has 152 valence electrons. The summed E-state index contributed by atoms with van der Waals surface area (Å²) in [6.07, 6.45) is 1.62. The van der Waals surface area contributed by atoms with Crippen molar-refractivity contribution in [2.24, 2.45) is 0 Å². The fourth-order valence-corrected chi connectivity index (χ4v) is 3.09. The van der Waals surface area contributed by atoms with Crippen LogP contribution in [-0.2, 0) is 5.41 Å². The van der Waals surface area contributed by atoms with Gasteiger partial charge in [-0.05, 0) is 61.2 Å². The van der Waals surface area contributed by atoms with Crippen molar-refractivity contribution in [2.75, 3.05) is 28.6 Å². The summed E-state index contributed by atoms with van der Waals surface area (Å²) in [7, 11) is 0. The van der Waals surface area contributed by atoms with Crippen LogP contribution in [0.3, 0.4) is 0 Å². The van der Waals surface area contributed by atoms with E-state index >= 15 is 0 Å². The molecule has 3 aromatic rings. The number of rotatable bonds is 7. The van der Waals surface area contributed by atoms with Gasteiger partial charge in [-0.3, -0.25) is 0 Å². The molecule has 0 amide bonds. The second-order valence-corrected chi connectivity index (χ2v) is 7.96. The average Bonchev–Trinajstić information content (AvgIpc) is 2.70. The third kappa shape index (κ3) is 5.44. The molecule has 2 N–H and O–H groups in total. The minimum Gasteiger partial charge on any atom is -0.372 e. The molecule has 0 unspecified atom stereocenters. The van der Waals surface area contributed by atoms with Gasteiger partial charge in [0.05, 0.1) is 6.20 Å². The Labute approximate surface area is 173 Å². The molecule has 0 saturated carbocycles. The van der Waals surface area contributed by atoms with E-state index in [1.807, 2.05) is 24.3 Å². The van der Waals surface area contributed by atoms with Gasteiger partial charge in [-0.25, -0.2) is 0 Å². The number of nitrogens with zero attached hydrogens (tertiary/aromatic N) is 4. The number of hydrogen-bond acceptors (Lipinski definition) is 6. The highest BCUT2D eigenvalue weighted by Crippen LogP contribution is 2.25. The van der Waals surface area contributed by atoms with Crippen molar-refractivity contribution in [3.63, 3.8) is 0 Å². The van der Waals surface area contributed by atoms with Crippen LogP contribution < -0.4 is 15.5 Å². The fraction of sp³-hybridized carbons (Fsp3) is 0.348. The lowest BCUT2D eigenvalue weighted by Gasteiger charge is -2.21. The van der Waals surface area contributed by atoms with Crippen LogP contribution in [-0.4, -0.2) is 28.3 Å². The van der Waals surface area contributed by atoms with E-state index in [1.54, 1.807) is 6.20 Å². The molecule has 0 spiro atoms. The van der Waals surface area contributed by atoms with Gasteiger partial charge in [0.2, 0.25) is 5.95 Å². The lowest BCUT2D eigenvalue weighted by atomic mass is 9.87. The van der Waals surface area contributed by atoms with Gasteiger partial charge in [-0.15, -0.1) is 5.10 Å². The molecule has 29 heavy (non-hydrogen) atoms. The second kappa shape index (κ2) is 8.90. The Balaban J connectivity index is 1.68. The fourth-order valence-electron chi connectivity index (χ4n) is 3.09. The Kier molecular flexibility index (Phi) is 6.32. The zero-order chi connectivity index (χ0) is 20.9. The molecular weight excluding hydrogens is 360 g/mol. The van der Waals surface area contributed by atoms with Gasteiger partial charge in [-0.2, -0.15) is 10.1 Å². The summed E-state index contributed by atoms with van der Waals surface area (Å²) < 4.78 is 0. The molecule has 0 aliphatic rings. The van der Waals surface area contributed by atoms with Gasteiger partial charge in [0.1, 0.15) is 0 Å². The van der Waals surface area contributed by atoms with Crippen molar-refractivity contribution < 1.29 is 0 Å². The summed E-state index contributed by atoms with van der Waals surface area (Å²) in [6.45, 7) is 12.9. The van der Waals surface area contributed by atoms with Crippen LogP contribution in [0.4, 0.5) is 28.8 Å². The van der Waals surface area contributed by atoms with Crippen LogP contribution in [0.5, 0.6) is 0 Å². The quantitative estimate of drug-likeness (QED) is 0.555.